The monoisotopic (exact) mass is 480 g/mol. The van der Waals surface area contributed by atoms with Gasteiger partial charge in [0, 0.05) is 18.5 Å². The number of rotatable bonds is 7. The fourth-order valence-electron chi connectivity index (χ4n) is 4.36. The van der Waals surface area contributed by atoms with Gasteiger partial charge >= 0.3 is 0 Å². The van der Waals surface area contributed by atoms with Crippen molar-refractivity contribution in [2.45, 2.75) is 17.4 Å². The summed E-state index contributed by atoms with van der Waals surface area (Å²) in [6.45, 7) is 0.879. The van der Waals surface area contributed by atoms with Gasteiger partial charge in [-0.25, -0.2) is 8.42 Å². The summed E-state index contributed by atoms with van der Waals surface area (Å²) in [4.78, 5) is 15.3. The molecule has 7 nitrogen and oxygen atoms in total. The number of hydrogen-bond donors (Lipinski definition) is 1. The number of benzene rings is 3. The first-order valence-corrected chi connectivity index (χ1v) is 12.8. The molecule has 0 aromatic heterocycles. The molecule has 1 unspecified atom stereocenters. The number of anilines is 1. The van der Waals surface area contributed by atoms with Gasteiger partial charge in [-0.15, -0.1) is 0 Å². The number of sulfone groups is 1. The first-order chi connectivity index (χ1) is 16.3. The zero-order valence-corrected chi connectivity index (χ0v) is 20.3. The molecule has 1 N–H and O–H groups in total. The zero-order valence-electron chi connectivity index (χ0n) is 19.4. The van der Waals surface area contributed by atoms with Crippen molar-refractivity contribution in [2.24, 2.45) is 0 Å². The van der Waals surface area contributed by atoms with Crippen LogP contribution in [0.4, 0.5) is 5.69 Å². The molecule has 1 heterocycles. The van der Waals surface area contributed by atoms with Crippen molar-refractivity contribution >= 4 is 21.4 Å². The highest BCUT2D eigenvalue weighted by molar-refractivity contribution is 7.90. The lowest BCUT2D eigenvalue weighted by Gasteiger charge is -2.37. The molecule has 0 bridgehead atoms. The Kier molecular flexibility index (Phi) is 6.90. The number of carbonyl (C=O) groups excluding carboxylic acids is 1. The third-order valence-corrected chi connectivity index (χ3v) is 7.13. The molecule has 1 aliphatic rings. The Morgan fingerprint density at radius 2 is 1.65 bits per heavy atom. The second kappa shape index (κ2) is 9.87. The zero-order chi connectivity index (χ0) is 24.3. The Balaban J connectivity index is 1.60. The number of hydrogen-bond acceptors (Lipinski definition) is 6. The normalized spacial score (nSPS) is 15.9. The van der Waals surface area contributed by atoms with E-state index in [1.807, 2.05) is 30.3 Å². The molecule has 3 aromatic carbocycles. The van der Waals surface area contributed by atoms with E-state index in [9.17, 15) is 13.2 Å². The van der Waals surface area contributed by atoms with Crippen molar-refractivity contribution < 1.29 is 22.7 Å². The smallest absolute Gasteiger partial charge is 0.238 e. The predicted molar refractivity (Wildman–Crippen MR) is 131 cm³/mol. The molecule has 178 valence electrons. The molecule has 0 saturated carbocycles. The average molecular weight is 481 g/mol. The van der Waals surface area contributed by atoms with Crippen LogP contribution in [0.15, 0.2) is 71.6 Å². The second-order valence-corrected chi connectivity index (χ2v) is 10.3. The van der Waals surface area contributed by atoms with E-state index in [-0.39, 0.29) is 23.4 Å². The van der Waals surface area contributed by atoms with E-state index in [1.54, 1.807) is 26.4 Å². The van der Waals surface area contributed by atoms with E-state index in [4.69, 9.17) is 9.47 Å². The Morgan fingerprint density at radius 3 is 2.26 bits per heavy atom. The van der Waals surface area contributed by atoms with Crippen LogP contribution in [0.3, 0.4) is 0 Å². The van der Waals surface area contributed by atoms with Gasteiger partial charge in [-0.2, -0.15) is 0 Å². The number of methoxy groups -OCH3 is 2. The van der Waals surface area contributed by atoms with Crippen LogP contribution >= 0.6 is 0 Å². The summed E-state index contributed by atoms with van der Waals surface area (Å²) in [5, 5.41) is 2.88. The Hall–Kier alpha value is -3.36. The predicted octanol–water partition coefficient (Wildman–Crippen LogP) is 3.69. The third kappa shape index (κ3) is 5.08. The van der Waals surface area contributed by atoms with Crippen molar-refractivity contribution in [3.05, 3.63) is 83.4 Å². The summed E-state index contributed by atoms with van der Waals surface area (Å²) >= 11 is 0. The van der Waals surface area contributed by atoms with E-state index in [1.165, 1.54) is 17.7 Å². The molecular weight excluding hydrogens is 452 g/mol. The van der Waals surface area contributed by atoms with Gasteiger partial charge in [0.2, 0.25) is 5.91 Å². The number of nitrogens with zero attached hydrogens (tertiary/aromatic N) is 1. The molecule has 34 heavy (non-hydrogen) atoms. The van der Waals surface area contributed by atoms with Crippen LogP contribution < -0.4 is 14.8 Å². The first kappa shape index (κ1) is 23.8. The Morgan fingerprint density at radius 1 is 1.00 bits per heavy atom. The van der Waals surface area contributed by atoms with Crippen LogP contribution in [-0.2, 0) is 21.1 Å². The maximum absolute atomic E-state index is 13.0. The highest BCUT2D eigenvalue weighted by atomic mass is 32.2. The van der Waals surface area contributed by atoms with Crippen LogP contribution in [0.5, 0.6) is 11.5 Å². The van der Waals surface area contributed by atoms with Gasteiger partial charge < -0.3 is 14.8 Å². The van der Waals surface area contributed by atoms with Gasteiger partial charge in [0.25, 0.3) is 0 Å². The van der Waals surface area contributed by atoms with E-state index >= 15 is 0 Å². The topological polar surface area (TPSA) is 84.9 Å². The minimum atomic E-state index is -3.29. The molecule has 4 rings (SSSR count). The van der Waals surface area contributed by atoms with Crippen molar-refractivity contribution in [1.29, 1.82) is 0 Å². The SMILES string of the molecule is COc1cc2c(cc1OC)C(c1ccccc1)N(CC(=O)Nc1ccc(S(C)(=O)=O)cc1)CC2. The standard InChI is InChI=1S/C26H28N2O5S/c1-32-23-15-19-13-14-28(17-25(29)27-20-9-11-21(12-10-20)34(3,30)31)26(18-7-5-4-6-8-18)22(19)16-24(23)33-2/h4-12,15-16,26H,13-14,17H2,1-3H3,(H,27,29). The molecule has 0 radical (unpaired) electrons. The summed E-state index contributed by atoms with van der Waals surface area (Å²) in [6, 6.07) is 20.2. The van der Waals surface area contributed by atoms with E-state index in [0.717, 1.165) is 23.8 Å². The molecule has 8 heteroatoms. The molecule has 0 spiro atoms. The fourth-order valence-corrected chi connectivity index (χ4v) is 4.99. The third-order valence-electron chi connectivity index (χ3n) is 6.00. The number of ether oxygens (including phenoxy) is 2. The Labute approximate surface area is 200 Å². The van der Waals surface area contributed by atoms with Crippen molar-refractivity contribution in [1.82, 2.24) is 4.90 Å². The highest BCUT2D eigenvalue weighted by Crippen LogP contribution is 2.40. The maximum atomic E-state index is 13.0. The summed E-state index contributed by atoms with van der Waals surface area (Å²) in [6.07, 6.45) is 1.93. The van der Waals surface area contributed by atoms with E-state index < -0.39 is 9.84 Å². The number of fused-ring (bicyclic) bond motifs is 1. The summed E-state index contributed by atoms with van der Waals surface area (Å²) in [5.74, 6) is 1.17. The second-order valence-electron chi connectivity index (χ2n) is 8.28. The Bertz CT molecular complexity index is 1270. The van der Waals surface area contributed by atoms with Crippen molar-refractivity contribution in [3.8, 4) is 11.5 Å². The molecule has 0 fully saturated rings. The first-order valence-electron chi connectivity index (χ1n) is 10.9. The summed E-state index contributed by atoms with van der Waals surface area (Å²) in [7, 11) is -0.0463. The van der Waals surface area contributed by atoms with Gasteiger partial charge in [0.05, 0.1) is 31.7 Å². The van der Waals surface area contributed by atoms with Crippen molar-refractivity contribution in [3.63, 3.8) is 0 Å². The van der Waals surface area contributed by atoms with Gasteiger partial charge in [-0.05, 0) is 59.5 Å². The summed E-state index contributed by atoms with van der Waals surface area (Å²) in [5.41, 5.74) is 3.89. The van der Waals surface area contributed by atoms with E-state index in [0.29, 0.717) is 23.7 Å². The number of carbonyl (C=O) groups is 1. The average Bonchev–Trinajstić information content (AvgIpc) is 2.83. The molecule has 0 saturated heterocycles. The van der Waals surface area contributed by atoms with Gasteiger partial charge in [0.15, 0.2) is 21.3 Å². The summed E-state index contributed by atoms with van der Waals surface area (Å²) < 4.78 is 34.4. The lowest BCUT2D eigenvalue weighted by molar-refractivity contribution is -0.117. The molecule has 0 aliphatic carbocycles. The number of amides is 1. The molecule has 1 aliphatic heterocycles. The van der Waals surface area contributed by atoms with Gasteiger partial charge in [-0.3, -0.25) is 9.69 Å². The minimum Gasteiger partial charge on any atom is -0.493 e. The maximum Gasteiger partial charge on any atom is 0.238 e. The van der Waals surface area contributed by atoms with Crippen molar-refractivity contribution in [2.75, 3.05) is 38.9 Å². The van der Waals surface area contributed by atoms with Gasteiger partial charge in [0.1, 0.15) is 0 Å². The molecule has 1 atom stereocenters. The van der Waals surface area contributed by atoms with Crippen LogP contribution in [0.1, 0.15) is 22.7 Å². The molecule has 1 amide bonds. The van der Waals surface area contributed by atoms with Crippen LogP contribution in [0.25, 0.3) is 0 Å². The largest absolute Gasteiger partial charge is 0.493 e. The lowest BCUT2D eigenvalue weighted by atomic mass is 9.87. The minimum absolute atomic E-state index is 0.122. The van der Waals surface area contributed by atoms with Crippen LogP contribution in [0, 0.1) is 0 Å². The molecular formula is C26H28N2O5S. The van der Waals surface area contributed by atoms with Gasteiger partial charge in [-0.1, -0.05) is 30.3 Å². The highest BCUT2D eigenvalue weighted by Gasteiger charge is 2.31. The van der Waals surface area contributed by atoms with Crippen LogP contribution in [-0.4, -0.2) is 52.8 Å². The number of nitrogens with one attached hydrogen (secondary N) is 1. The van der Waals surface area contributed by atoms with E-state index in [2.05, 4.69) is 22.3 Å². The quantitative estimate of drug-likeness (QED) is 0.555. The fraction of sp³-hybridized carbons (Fsp3) is 0.269. The van der Waals surface area contributed by atoms with Crippen LogP contribution in [0.2, 0.25) is 0 Å². The molecule has 3 aromatic rings. The lowest BCUT2D eigenvalue weighted by Crippen LogP contribution is -2.41.